The van der Waals surface area contributed by atoms with Gasteiger partial charge in [0.05, 0.1) is 29.7 Å². The van der Waals surface area contributed by atoms with Crippen molar-refractivity contribution >= 4 is 28.7 Å². The number of amides is 3. The average molecular weight is 393 g/mol. The molecule has 1 aliphatic heterocycles. The summed E-state index contributed by atoms with van der Waals surface area (Å²) in [5, 5.41) is 12.8. The van der Waals surface area contributed by atoms with Crippen LogP contribution >= 0.6 is 0 Å². The van der Waals surface area contributed by atoms with Crippen molar-refractivity contribution in [2.24, 2.45) is 0 Å². The number of carbonyl (C=O) groups is 2. The number of aryl methyl sites for hydroxylation is 1. The van der Waals surface area contributed by atoms with Gasteiger partial charge in [-0.05, 0) is 31.2 Å². The Morgan fingerprint density at radius 2 is 1.97 bits per heavy atom. The molecule has 7 nitrogen and oxygen atoms in total. The highest BCUT2D eigenvalue weighted by molar-refractivity contribution is 5.93. The second-order valence-electron chi connectivity index (χ2n) is 7.63. The average Bonchev–Trinajstić information content (AvgIpc) is 3.31. The number of nitrogens with one attached hydrogen (secondary N) is 2. The van der Waals surface area contributed by atoms with Crippen LogP contribution in [-0.4, -0.2) is 44.1 Å². The number of hydrogen-bond acceptors (Lipinski definition) is 4. The lowest BCUT2D eigenvalue weighted by molar-refractivity contribution is -0.782. The number of nitrogens with zero attached hydrogens (tertiary/aromatic N) is 2. The zero-order chi connectivity index (χ0) is 20.4. The van der Waals surface area contributed by atoms with Crippen LogP contribution in [0, 0.1) is 0 Å². The number of imide groups is 1. The number of H-pyrrole nitrogens is 1. The third kappa shape index (κ3) is 3.49. The Bertz CT molecular complexity index is 1030. The van der Waals surface area contributed by atoms with E-state index in [-0.39, 0.29) is 34.6 Å². The van der Waals surface area contributed by atoms with Crippen LogP contribution < -0.4 is 5.32 Å². The zero-order valence-electron chi connectivity index (χ0n) is 16.4. The van der Waals surface area contributed by atoms with Crippen LogP contribution in [0.1, 0.15) is 32.0 Å². The first-order valence-corrected chi connectivity index (χ1v) is 9.95. The highest BCUT2D eigenvalue weighted by Crippen LogP contribution is 2.32. The third-order valence-corrected chi connectivity index (χ3v) is 5.85. The predicted octanol–water partition coefficient (Wildman–Crippen LogP) is 3.96. The summed E-state index contributed by atoms with van der Waals surface area (Å²) in [6.07, 6.45) is 2.29. The van der Waals surface area contributed by atoms with E-state index in [1.165, 1.54) is 6.07 Å². The number of aromatic hydroxyl groups is 1. The molecule has 7 heteroatoms. The van der Waals surface area contributed by atoms with Crippen molar-refractivity contribution in [2.75, 3.05) is 11.9 Å². The number of carbonyl (C=O) groups excluding carboxylic acids is 2. The maximum atomic E-state index is 13.3. The predicted molar refractivity (Wildman–Crippen MR) is 110 cm³/mol. The number of anilines is 1. The smallest absolute Gasteiger partial charge is 0.428 e. The number of imidazole rings is 1. The van der Waals surface area contributed by atoms with E-state index in [0.717, 1.165) is 29.7 Å². The lowest BCUT2D eigenvalue weighted by atomic mass is 10.2. The Morgan fingerprint density at radius 1 is 1.21 bits per heavy atom. The summed E-state index contributed by atoms with van der Waals surface area (Å²) in [7, 11) is 0. The SMILES string of the molecule is C[C@@H]1CCC[N+]1(C(=O)CCc1nc2ccccc2[nH]1)C(=O)Nc1ccccc1O. The summed E-state index contributed by atoms with van der Waals surface area (Å²) in [6, 6.07) is 13.8. The first-order valence-electron chi connectivity index (χ1n) is 9.95. The number of rotatable bonds is 4. The molecule has 0 bridgehead atoms. The molecule has 2 heterocycles. The topological polar surface area (TPSA) is 95.1 Å². The van der Waals surface area contributed by atoms with Gasteiger partial charge in [0, 0.05) is 19.3 Å². The number of quaternary nitrogens is 1. The minimum Gasteiger partial charge on any atom is -0.506 e. The minimum atomic E-state index is -0.383. The van der Waals surface area contributed by atoms with Crippen LogP contribution in [0.25, 0.3) is 11.0 Å². The number of para-hydroxylation sites is 4. The molecular weight excluding hydrogens is 368 g/mol. The first-order chi connectivity index (χ1) is 14.0. The molecule has 0 radical (unpaired) electrons. The number of urea groups is 1. The molecule has 1 unspecified atom stereocenters. The minimum absolute atomic E-state index is 0.0134. The van der Waals surface area contributed by atoms with Crippen molar-refractivity contribution in [3.8, 4) is 5.75 Å². The van der Waals surface area contributed by atoms with Crippen molar-refractivity contribution in [1.29, 1.82) is 0 Å². The second-order valence-corrected chi connectivity index (χ2v) is 7.63. The highest BCUT2D eigenvalue weighted by atomic mass is 16.3. The molecular formula is C22H25N4O3+. The number of likely N-dealkylation sites (tertiary alicyclic amines) is 1. The van der Waals surface area contributed by atoms with Gasteiger partial charge in [-0.25, -0.2) is 14.6 Å². The van der Waals surface area contributed by atoms with E-state index >= 15 is 0 Å². The van der Waals surface area contributed by atoms with Gasteiger partial charge < -0.3 is 10.1 Å². The largest absolute Gasteiger partial charge is 0.506 e. The van der Waals surface area contributed by atoms with E-state index in [9.17, 15) is 14.7 Å². The maximum absolute atomic E-state index is 13.3. The fraction of sp³-hybridized carbons (Fsp3) is 0.318. The van der Waals surface area contributed by atoms with Gasteiger partial charge >= 0.3 is 11.9 Å². The summed E-state index contributed by atoms with van der Waals surface area (Å²) >= 11 is 0. The molecule has 2 atom stereocenters. The number of fused-ring (bicyclic) bond motifs is 1. The Balaban J connectivity index is 1.53. The number of phenols is 1. The van der Waals surface area contributed by atoms with Crippen molar-refractivity contribution in [1.82, 2.24) is 9.97 Å². The summed E-state index contributed by atoms with van der Waals surface area (Å²) in [6.45, 7) is 2.41. The molecule has 1 fully saturated rings. The molecule has 3 amide bonds. The molecule has 3 aromatic rings. The van der Waals surface area contributed by atoms with E-state index in [1.807, 2.05) is 31.2 Å². The molecule has 4 rings (SSSR count). The summed E-state index contributed by atoms with van der Waals surface area (Å²) in [5.41, 5.74) is 2.12. The van der Waals surface area contributed by atoms with Crippen LogP contribution in [0.3, 0.4) is 0 Å². The van der Waals surface area contributed by atoms with Gasteiger partial charge in [0.25, 0.3) is 0 Å². The van der Waals surface area contributed by atoms with Crippen LogP contribution in [0.5, 0.6) is 5.75 Å². The maximum Gasteiger partial charge on any atom is 0.428 e. The van der Waals surface area contributed by atoms with Crippen LogP contribution in [0.15, 0.2) is 48.5 Å². The standard InChI is InChI=1S/C22H24N4O3/c1-15-7-6-14-26(15,22(29)25-18-10-4-5-11-19(18)27)21(28)13-12-20-23-16-8-2-3-9-17(16)24-20/h2-5,8-11,15H,6-7,12-14H2,1H3,(H2-,23,24,25,27,29)/p+1/t15-,26?/m1/s1. The molecule has 0 spiro atoms. The number of aromatic amines is 1. The van der Waals surface area contributed by atoms with E-state index in [2.05, 4.69) is 15.3 Å². The van der Waals surface area contributed by atoms with Gasteiger partial charge in [-0.3, -0.25) is 5.32 Å². The molecule has 29 heavy (non-hydrogen) atoms. The van der Waals surface area contributed by atoms with Gasteiger partial charge in [0.2, 0.25) is 0 Å². The van der Waals surface area contributed by atoms with Crippen LogP contribution in [0.4, 0.5) is 10.5 Å². The fourth-order valence-corrected chi connectivity index (χ4v) is 4.21. The number of phenolic OH excluding ortho intramolecular Hbond substituents is 1. The fourth-order valence-electron chi connectivity index (χ4n) is 4.21. The molecule has 3 N–H and O–H groups in total. The molecule has 1 aromatic heterocycles. The summed E-state index contributed by atoms with van der Waals surface area (Å²) in [4.78, 5) is 34.3. The Morgan fingerprint density at radius 3 is 2.69 bits per heavy atom. The number of hydrogen-bond donors (Lipinski definition) is 3. The summed E-state index contributed by atoms with van der Waals surface area (Å²) < 4.78 is -0.242. The van der Waals surface area contributed by atoms with Crippen molar-refractivity contribution in [3.05, 3.63) is 54.4 Å². The molecule has 150 valence electrons. The lowest BCUT2D eigenvalue weighted by Crippen LogP contribution is -2.60. The Hall–Kier alpha value is -3.19. The second kappa shape index (κ2) is 7.67. The zero-order valence-corrected chi connectivity index (χ0v) is 16.4. The lowest BCUT2D eigenvalue weighted by Gasteiger charge is -2.32. The summed E-state index contributed by atoms with van der Waals surface area (Å²) in [5.74, 6) is 0.606. The molecule has 1 aliphatic rings. The number of aromatic nitrogens is 2. The van der Waals surface area contributed by atoms with E-state index in [1.54, 1.807) is 18.2 Å². The number of benzene rings is 2. The van der Waals surface area contributed by atoms with Gasteiger partial charge in [0.1, 0.15) is 17.6 Å². The van der Waals surface area contributed by atoms with Crippen molar-refractivity contribution in [3.63, 3.8) is 0 Å². The molecule has 1 saturated heterocycles. The van der Waals surface area contributed by atoms with Crippen molar-refractivity contribution < 1.29 is 19.2 Å². The third-order valence-electron chi connectivity index (χ3n) is 5.85. The first kappa shape index (κ1) is 19.1. The van der Waals surface area contributed by atoms with Gasteiger partial charge in [-0.1, -0.05) is 24.3 Å². The monoisotopic (exact) mass is 393 g/mol. The normalized spacial score (nSPS) is 21.3. The van der Waals surface area contributed by atoms with E-state index in [0.29, 0.717) is 18.7 Å². The molecule has 0 saturated carbocycles. The van der Waals surface area contributed by atoms with Crippen molar-refractivity contribution in [2.45, 2.75) is 38.6 Å². The molecule has 0 aliphatic carbocycles. The quantitative estimate of drug-likeness (QED) is 0.462. The van der Waals surface area contributed by atoms with E-state index in [4.69, 9.17) is 0 Å². The molecule has 2 aromatic carbocycles. The van der Waals surface area contributed by atoms with Crippen LogP contribution in [0.2, 0.25) is 0 Å². The Kier molecular flexibility index (Phi) is 5.07. The van der Waals surface area contributed by atoms with E-state index < -0.39 is 0 Å². The van der Waals surface area contributed by atoms with Gasteiger partial charge in [0.15, 0.2) is 0 Å². The van der Waals surface area contributed by atoms with Gasteiger partial charge in [-0.15, -0.1) is 0 Å². The highest BCUT2D eigenvalue weighted by Gasteiger charge is 2.52. The van der Waals surface area contributed by atoms with Crippen LogP contribution in [-0.2, 0) is 11.2 Å². The van der Waals surface area contributed by atoms with Gasteiger partial charge in [-0.2, -0.15) is 4.48 Å². The Labute approximate surface area is 169 Å².